The molecule has 0 unspecified atom stereocenters. The third-order valence-corrected chi connectivity index (χ3v) is 4.29. The van der Waals surface area contributed by atoms with Crippen molar-refractivity contribution in [2.75, 3.05) is 20.8 Å². The van der Waals surface area contributed by atoms with Crippen LogP contribution in [0.15, 0.2) is 29.1 Å². The molecule has 132 valence electrons. The molecule has 0 saturated heterocycles. The predicted molar refractivity (Wildman–Crippen MR) is 92.4 cm³/mol. The van der Waals surface area contributed by atoms with E-state index in [0.717, 1.165) is 30.5 Å². The van der Waals surface area contributed by atoms with Crippen molar-refractivity contribution < 1.29 is 14.3 Å². The van der Waals surface area contributed by atoms with E-state index in [1.165, 1.54) is 18.9 Å². The molecule has 0 aliphatic heterocycles. The van der Waals surface area contributed by atoms with Gasteiger partial charge >= 0.3 is 0 Å². The van der Waals surface area contributed by atoms with E-state index in [1.807, 2.05) is 0 Å². The first kappa shape index (κ1) is 17.0. The van der Waals surface area contributed by atoms with Gasteiger partial charge in [0.25, 0.3) is 11.5 Å². The highest BCUT2D eigenvalue weighted by molar-refractivity contribution is 5.99. The van der Waals surface area contributed by atoms with Crippen molar-refractivity contribution in [1.82, 2.24) is 15.1 Å². The zero-order valence-corrected chi connectivity index (χ0v) is 14.4. The lowest BCUT2D eigenvalue weighted by atomic mass is 10.1. The van der Waals surface area contributed by atoms with Crippen LogP contribution in [0.1, 0.15) is 28.0 Å². The van der Waals surface area contributed by atoms with Crippen molar-refractivity contribution in [3.8, 4) is 11.5 Å². The number of aromatic nitrogens is 2. The van der Waals surface area contributed by atoms with E-state index in [4.69, 9.17) is 9.47 Å². The summed E-state index contributed by atoms with van der Waals surface area (Å²) in [5, 5.41) is 7.19. The van der Waals surface area contributed by atoms with Crippen LogP contribution in [-0.4, -0.2) is 36.5 Å². The number of rotatable bonds is 6. The number of benzene rings is 1. The fraction of sp³-hybridized carbons (Fsp3) is 0.389. The normalized spacial score (nSPS) is 12.6. The first-order valence-corrected chi connectivity index (χ1v) is 8.23. The number of methoxy groups -OCH3 is 2. The minimum Gasteiger partial charge on any atom is -0.496 e. The lowest BCUT2D eigenvalue weighted by molar-refractivity contribution is 0.0945. The second kappa shape index (κ2) is 7.38. The Morgan fingerprint density at radius 1 is 1.24 bits per heavy atom. The van der Waals surface area contributed by atoms with Gasteiger partial charge in [0.1, 0.15) is 17.1 Å². The summed E-state index contributed by atoms with van der Waals surface area (Å²) < 4.78 is 11.9. The monoisotopic (exact) mass is 343 g/mol. The Bertz CT molecular complexity index is 822. The molecule has 0 spiro atoms. The van der Waals surface area contributed by atoms with Crippen molar-refractivity contribution in [1.29, 1.82) is 0 Å². The number of carbonyl (C=O) groups is 1. The van der Waals surface area contributed by atoms with E-state index < -0.39 is 0 Å². The molecule has 7 nitrogen and oxygen atoms in total. The summed E-state index contributed by atoms with van der Waals surface area (Å²) in [7, 11) is 3.00. The standard InChI is InChI=1S/C18H21N3O4/c1-24-14-7-4-8-15(25-2)17(14)18(23)19-9-10-21-16(22)11-12-5-3-6-13(12)20-21/h4,7-8,11H,3,5-6,9-10H2,1-2H3,(H,19,23). The van der Waals surface area contributed by atoms with E-state index in [1.54, 1.807) is 24.3 Å². The van der Waals surface area contributed by atoms with Crippen LogP contribution in [0.3, 0.4) is 0 Å². The lowest BCUT2D eigenvalue weighted by Gasteiger charge is -2.13. The number of nitrogens with one attached hydrogen (secondary N) is 1. The number of aryl methyl sites for hydroxylation is 2. The van der Waals surface area contributed by atoms with Crippen molar-refractivity contribution in [2.24, 2.45) is 0 Å². The Labute approximate surface area is 145 Å². The SMILES string of the molecule is COc1cccc(OC)c1C(=O)NCCn1nc2c(cc1=O)CCC2. The molecule has 0 fully saturated rings. The predicted octanol–water partition coefficient (Wildman–Crippen LogP) is 1.18. The van der Waals surface area contributed by atoms with Crippen molar-refractivity contribution >= 4 is 5.91 Å². The summed E-state index contributed by atoms with van der Waals surface area (Å²) in [6.45, 7) is 0.598. The Balaban J connectivity index is 1.69. The van der Waals surface area contributed by atoms with Gasteiger partial charge in [-0.25, -0.2) is 4.68 Å². The van der Waals surface area contributed by atoms with Gasteiger partial charge in [-0.1, -0.05) is 6.07 Å². The fourth-order valence-corrected chi connectivity index (χ4v) is 3.04. The van der Waals surface area contributed by atoms with Crippen molar-refractivity contribution in [2.45, 2.75) is 25.8 Å². The van der Waals surface area contributed by atoms with Gasteiger partial charge in [0.05, 0.1) is 26.5 Å². The van der Waals surface area contributed by atoms with E-state index in [2.05, 4.69) is 10.4 Å². The number of amides is 1. The molecule has 7 heteroatoms. The van der Waals surface area contributed by atoms with Crippen molar-refractivity contribution in [3.63, 3.8) is 0 Å². The molecule has 1 heterocycles. The summed E-state index contributed by atoms with van der Waals surface area (Å²) in [5.74, 6) is 0.554. The Morgan fingerprint density at radius 3 is 2.64 bits per heavy atom. The van der Waals surface area contributed by atoms with Crippen LogP contribution in [0.4, 0.5) is 0 Å². The van der Waals surface area contributed by atoms with E-state index in [0.29, 0.717) is 23.6 Å². The maximum Gasteiger partial charge on any atom is 0.267 e. The smallest absolute Gasteiger partial charge is 0.267 e. The number of hydrogen-bond donors (Lipinski definition) is 1. The molecule has 0 saturated carbocycles. The van der Waals surface area contributed by atoms with Crippen LogP contribution in [0, 0.1) is 0 Å². The van der Waals surface area contributed by atoms with Crippen LogP contribution in [0.2, 0.25) is 0 Å². The minimum atomic E-state index is -0.316. The molecule has 1 aliphatic carbocycles. The molecule has 0 atom stereocenters. The molecular formula is C18H21N3O4. The summed E-state index contributed by atoms with van der Waals surface area (Å²) >= 11 is 0. The molecule has 25 heavy (non-hydrogen) atoms. The molecule has 3 rings (SSSR count). The van der Waals surface area contributed by atoms with Gasteiger partial charge in [-0.15, -0.1) is 0 Å². The van der Waals surface area contributed by atoms with E-state index in [-0.39, 0.29) is 18.0 Å². The third-order valence-electron chi connectivity index (χ3n) is 4.29. The average Bonchev–Trinajstić information content (AvgIpc) is 3.07. The molecule has 1 amide bonds. The van der Waals surface area contributed by atoms with Crippen molar-refractivity contribution in [3.05, 3.63) is 51.4 Å². The minimum absolute atomic E-state index is 0.134. The number of ether oxygens (including phenoxy) is 2. The quantitative estimate of drug-likeness (QED) is 0.852. The van der Waals surface area contributed by atoms with Gasteiger partial charge in [0.2, 0.25) is 0 Å². The number of carbonyl (C=O) groups excluding carboxylic acids is 1. The van der Waals surface area contributed by atoms with Crippen LogP contribution >= 0.6 is 0 Å². The highest BCUT2D eigenvalue weighted by Crippen LogP contribution is 2.27. The number of hydrogen-bond acceptors (Lipinski definition) is 5. The largest absolute Gasteiger partial charge is 0.496 e. The Hall–Kier alpha value is -2.83. The first-order chi connectivity index (χ1) is 12.1. The maximum absolute atomic E-state index is 12.5. The van der Waals surface area contributed by atoms with Crippen LogP contribution in [0.25, 0.3) is 0 Å². The van der Waals surface area contributed by atoms with Crippen LogP contribution < -0.4 is 20.3 Å². The van der Waals surface area contributed by atoms with Gasteiger partial charge in [0, 0.05) is 12.6 Å². The highest BCUT2D eigenvalue weighted by atomic mass is 16.5. The Morgan fingerprint density at radius 2 is 1.96 bits per heavy atom. The van der Waals surface area contributed by atoms with Gasteiger partial charge in [0.15, 0.2) is 0 Å². The molecule has 1 aromatic carbocycles. The third kappa shape index (κ3) is 3.50. The molecule has 1 N–H and O–H groups in total. The maximum atomic E-state index is 12.5. The second-order valence-electron chi connectivity index (χ2n) is 5.82. The summed E-state index contributed by atoms with van der Waals surface area (Å²) in [5.41, 5.74) is 2.23. The first-order valence-electron chi connectivity index (χ1n) is 8.23. The molecule has 1 aromatic heterocycles. The summed E-state index contributed by atoms with van der Waals surface area (Å²) in [6, 6.07) is 6.80. The molecule has 0 bridgehead atoms. The van der Waals surface area contributed by atoms with Gasteiger partial charge in [-0.3, -0.25) is 9.59 Å². The van der Waals surface area contributed by atoms with E-state index >= 15 is 0 Å². The van der Waals surface area contributed by atoms with Gasteiger partial charge in [-0.05, 0) is 37.0 Å². The molecular weight excluding hydrogens is 322 g/mol. The topological polar surface area (TPSA) is 82.4 Å². The summed E-state index contributed by atoms with van der Waals surface area (Å²) in [4.78, 5) is 24.6. The number of nitrogens with zero attached hydrogens (tertiary/aromatic N) is 2. The van der Waals surface area contributed by atoms with Gasteiger partial charge in [-0.2, -0.15) is 5.10 Å². The lowest BCUT2D eigenvalue weighted by Crippen LogP contribution is -2.32. The van der Waals surface area contributed by atoms with E-state index in [9.17, 15) is 9.59 Å². The zero-order chi connectivity index (χ0) is 17.8. The molecule has 1 aliphatic rings. The highest BCUT2D eigenvalue weighted by Gasteiger charge is 2.18. The van der Waals surface area contributed by atoms with Crippen LogP contribution in [0.5, 0.6) is 11.5 Å². The summed E-state index contributed by atoms with van der Waals surface area (Å²) in [6.07, 6.45) is 2.86. The van der Waals surface area contributed by atoms with Gasteiger partial charge < -0.3 is 14.8 Å². The Kier molecular flexibility index (Phi) is 5.02. The number of fused-ring (bicyclic) bond motifs is 1. The molecule has 0 radical (unpaired) electrons. The fourth-order valence-electron chi connectivity index (χ4n) is 3.04. The second-order valence-corrected chi connectivity index (χ2v) is 5.82. The van der Waals surface area contributed by atoms with Crippen LogP contribution in [-0.2, 0) is 19.4 Å². The zero-order valence-electron chi connectivity index (χ0n) is 14.4. The average molecular weight is 343 g/mol. The molecule has 2 aromatic rings.